The summed E-state index contributed by atoms with van der Waals surface area (Å²) in [5.41, 5.74) is 2.50. The summed E-state index contributed by atoms with van der Waals surface area (Å²) >= 11 is 0. The van der Waals surface area contributed by atoms with Gasteiger partial charge in [-0.1, -0.05) is 12.1 Å². The number of hydrogen-bond donors (Lipinski definition) is 1. The molecule has 0 aliphatic carbocycles. The standard InChI is InChI=1S/C20H21NO5/c1-24-16-7-8-17(18(11-16)20(23)25-2)13-3-5-14(6-4-13)19(22)21-15-9-10-26-12-15/h3-8,11,15H,9-10,12H2,1-2H3,(H,21,22). The minimum Gasteiger partial charge on any atom is -0.497 e. The number of esters is 1. The van der Waals surface area contributed by atoms with E-state index in [0.29, 0.717) is 35.7 Å². The number of benzene rings is 2. The second-order valence-electron chi connectivity index (χ2n) is 6.01. The molecule has 1 heterocycles. The second-order valence-corrected chi connectivity index (χ2v) is 6.01. The Hall–Kier alpha value is -2.86. The van der Waals surface area contributed by atoms with Crippen molar-refractivity contribution >= 4 is 11.9 Å². The Morgan fingerprint density at radius 1 is 1.12 bits per heavy atom. The highest BCUT2D eigenvalue weighted by Gasteiger charge is 2.19. The molecule has 2 aromatic rings. The normalized spacial score (nSPS) is 16.2. The van der Waals surface area contributed by atoms with E-state index < -0.39 is 5.97 Å². The van der Waals surface area contributed by atoms with Gasteiger partial charge in [-0.15, -0.1) is 0 Å². The lowest BCUT2D eigenvalue weighted by molar-refractivity contribution is 0.0601. The molecular weight excluding hydrogens is 334 g/mol. The van der Waals surface area contributed by atoms with E-state index in [0.717, 1.165) is 12.0 Å². The van der Waals surface area contributed by atoms with Crippen LogP contribution in [-0.2, 0) is 9.47 Å². The van der Waals surface area contributed by atoms with Crippen LogP contribution in [0.1, 0.15) is 27.1 Å². The molecule has 0 bridgehead atoms. The van der Waals surface area contributed by atoms with Crippen LogP contribution in [0.2, 0.25) is 0 Å². The van der Waals surface area contributed by atoms with Gasteiger partial charge in [0.05, 0.1) is 32.4 Å². The summed E-state index contributed by atoms with van der Waals surface area (Å²) in [5, 5.41) is 2.95. The van der Waals surface area contributed by atoms with E-state index in [9.17, 15) is 9.59 Å². The molecule has 136 valence electrons. The fraction of sp³-hybridized carbons (Fsp3) is 0.300. The lowest BCUT2D eigenvalue weighted by Crippen LogP contribution is -2.34. The Bertz CT molecular complexity index is 794. The van der Waals surface area contributed by atoms with Crippen molar-refractivity contribution in [2.24, 2.45) is 0 Å². The molecule has 1 fully saturated rings. The zero-order valence-corrected chi connectivity index (χ0v) is 14.8. The summed E-state index contributed by atoms with van der Waals surface area (Å²) in [6.07, 6.45) is 0.832. The van der Waals surface area contributed by atoms with E-state index in [-0.39, 0.29) is 11.9 Å². The first kappa shape index (κ1) is 17.9. The molecule has 26 heavy (non-hydrogen) atoms. The van der Waals surface area contributed by atoms with Crippen molar-refractivity contribution in [3.63, 3.8) is 0 Å². The van der Waals surface area contributed by atoms with Crippen molar-refractivity contribution in [1.82, 2.24) is 5.32 Å². The molecule has 1 aliphatic heterocycles. The van der Waals surface area contributed by atoms with Gasteiger partial charge in [-0.3, -0.25) is 4.79 Å². The lowest BCUT2D eigenvalue weighted by Gasteiger charge is -2.12. The number of amides is 1. The van der Waals surface area contributed by atoms with Gasteiger partial charge in [0.1, 0.15) is 5.75 Å². The van der Waals surface area contributed by atoms with Gasteiger partial charge in [-0.2, -0.15) is 0 Å². The van der Waals surface area contributed by atoms with Crippen LogP contribution in [0.4, 0.5) is 0 Å². The summed E-state index contributed by atoms with van der Waals surface area (Å²) in [7, 11) is 2.88. The van der Waals surface area contributed by atoms with Crippen LogP contribution in [0.25, 0.3) is 11.1 Å². The third-order valence-electron chi connectivity index (χ3n) is 4.36. The molecule has 6 heteroatoms. The Kier molecular flexibility index (Phi) is 5.53. The molecule has 0 saturated carbocycles. The predicted molar refractivity (Wildman–Crippen MR) is 96.5 cm³/mol. The predicted octanol–water partition coefficient (Wildman–Crippen LogP) is 2.67. The van der Waals surface area contributed by atoms with Gasteiger partial charge in [0.15, 0.2) is 0 Å². The average Bonchev–Trinajstić information content (AvgIpc) is 3.20. The van der Waals surface area contributed by atoms with Crippen LogP contribution >= 0.6 is 0 Å². The van der Waals surface area contributed by atoms with Crippen molar-refractivity contribution in [2.45, 2.75) is 12.5 Å². The molecule has 1 unspecified atom stereocenters. The first-order valence-corrected chi connectivity index (χ1v) is 8.37. The molecule has 6 nitrogen and oxygen atoms in total. The summed E-state index contributed by atoms with van der Waals surface area (Å²) in [4.78, 5) is 24.4. The van der Waals surface area contributed by atoms with Crippen molar-refractivity contribution in [3.8, 4) is 16.9 Å². The first-order chi connectivity index (χ1) is 12.6. The zero-order chi connectivity index (χ0) is 18.5. The number of carbonyl (C=O) groups excluding carboxylic acids is 2. The smallest absolute Gasteiger partial charge is 0.338 e. The largest absolute Gasteiger partial charge is 0.497 e. The Morgan fingerprint density at radius 2 is 1.88 bits per heavy atom. The van der Waals surface area contributed by atoms with Crippen LogP contribution in [0.15, 0.2) is 42.5 Å². The molecule has 0 aromatic heterocycles. The SMILES string of the molecule is COC(=O)c1cc(OC)ccc1-c1ccc(C(=O)NC2CCOC2)cc1. The maximum atomic E-state index is 12.3. The average molecular weight is 355 g/mol. The highest BCUT2D eigenvalue weighted by atomic mass is 16.5. The van der Waals surface area contributed by atoms with Crippen LogP contribution in [0, 0.1) is 0 Å². The monoisotopic (exact) mass is 355 g/mol. The number of methoxy groups -OCH3 is 2. The van der Waals surface area contributed by atoms with Gasteiger partial charge < -0.3 is 19.5 Å². The number of carbonyl (C=O) groups is 2. The maximum Gasteiger partial charge on any atom is 0.338 e. The van der Waals surface area contributed by atoms with Gasteiger partial charge in [0.25, 0.3) is 5.91 Å². The van der Waals surface area contributed by atoms with E-state index in [1.54, 1.807) is 37.4 Å². The summed E-state index contributed by atoms with van der Waals surface area (Å²) in [6, 6.07) is 12.4. The van der Waals surface area contributed by atoms with Crippen molar-refractivity contribution in [1.29, 1.82) is 0 Å². The Labute approximate surface area is 152 Å². The molecule has 0 spiro atoms. The van der Waals surface area contributed by atoms with Crippen molar-refractivity contribution in [2.75, 3.05) is 27.4 Å². The molecule has 1 atom stereocenters. The number of nitrogens with one attached hydrogen (secondary N) is 1. The van der Waals surface area contributed by atoms with Gasteiger partial charge >= 0.3 is 5.97 Å². The van der Waals surface area contributed by atoms with Crippen LogP contribution in [0.5, 0.6) is 5.75 Å². The van der Waals surface area contributed by atoms with Crippen molar-refractivity contribution in [3.05, 3.63) is 53.6 Å². The van der Waals surface area contributed by atoms with E-state index in [1.165, 1.54) is 7.11 Å². The van der Waals surface area contributed by atoms with Crippen molar-refractivity contribution < 1.29 is 23.8 Å². The number of ether oxygens (including phenoxy) is 3. The second kappa shape index (κ2) is 8.01. The van der Waals surface area contributed by atoms with Gasteiger partial charge in [-0.25, -0.2) is 4.79 Å². The third kappa shape index (κ3) is 3.86. The van der Waals surface area contributed by atoms with Gasteiger partial charge in [-0.05, 0) is 47.9 Å². The molecule has 2 aromatic carbocycles. The van der Waals surface area contributed by atoms with Crippen LogP contribution < -0.4 is 10.1 Å². The number of hydrogen-bond acceptors (Lipinski definition) is 5. The van der Waals surface area contributed by atoms with E-state index in [1.807, 2.05) is 12.1 Å². The Morgan fingerprint density at radius 3 is 2.50 bits per heavy atom. The van der Waals surface area contributed by atoms with Crippen LogP contribution in [0.3, 0.4) is 0 Å². The zero-order valence-electron chi connectivity index (χ0n) is 14.8. The fourth-order valence-corrected chi connectivity index (χ4v) is 2.90. The van der Waals surface area contributed by atoms with E-state index >= 15 is 0 Å². The molecule has 0 radical (unpaired) electrons. The van der Waals surface area contributed by atoms with E-state index in [4.69, 9.17) is 14.2 Å². The quantitative estimate of drug-likeness (QED) is 0.835. The number of rotatable bonds is 5. The molecule has 3 rings (SSSR count). The van der Waals surface area contributed by atoms with Gasteiger partial charge in [0.2, 0.25) is 0 Å². The van der Waals surface area contributed by atoms with E-state index in [2.05, 4.69) is 5.32 Å². The third-order valence-corrected chi connectivity index (χ3v) is 4.36. The topological polar surface area (TPSA) is 73.9 Å². The molecule has 1 amide bonds. The summed E-state index contributed by atoms with van der Waals surface area (Å²) < 4.78 is 15.3. The maximum absolute atomic E-state index is 12.3. The highest BCUT2D eigenvalue weighted by molar-refractivity contribution is 5.99. The lowest BCUT2D eigenvalue weighted by atomic mass is 9.98. The molecular formula is C20H21NO5. The fourth-order valence-electron chi connectivity index (χ4n) is 2.90. The molecule has 1 N–H and O–H groups in total. The first-order valence-electron chi connectivity index (χ1n) is 8.37. The minimum absolute atomic E-state index is 0.0645. The Balaban J connectivity index is 1.84. The minimum atomic E-state index is -0.443. The van der Waals surface area contributed by atoms with Gasteiger partial charge in [0, 0.05) is 12.2 Å². The summed E-state index contributed by atoms with van der Waals surface area (Å²) in [5.74, 6) is 0.000792. The molecule has 1 saturated heterocycles. The van der Waals surface area contributed by atoms with Crippen LogP contribution in [-0.4, -0.2) is 45.4 Å². The summed E-state index contributed by atoms with van der Waals surface area (Å²) in [6.45, 7) is 1.23. The molecule has 1 aliphatic rings. The highest BCUT2D eigenvalue weighted by Crippen LogP contribution is 2.28.